The summed E-state index contributed by atoms with van der Waals surface area (Å²) < 4.78 is 21.4. The molecule has 1 aliphatic rings. The molecule has 0 atom stereocenters. The van der Waals surface area contributed by atoms with E-state index in [9.17, 15) is 8.42 Å². The zero-order valence-electron chi connectivity index (χ0n) is 5.00. The van der Waals surface area contributed by atoms with Gasteiger partial charge in [0.15, 0.2) is 9.84 Å². The summed E-state index contributed by atoms with van der Waals surface area (Å²) in [6, 6.07) is 0. The van der Waals surface area contributed by atoms with Crippen LogP contribution in [0.2, 0.25) is 0 Å². The maximum atomic E-state index is 10.7. The van der Waals surface area contributed by atoms with Crippen LogP contribution in [0.25, 0.3) is 0 Å². The van der Waals surface area contributed by atoms with Crippen molar-refractivity contribution < 1.29 is 8.42 Å². The van der Waals surface area contributed by atoms with Crippen molar-refractivity contribution in [2.45, 2.75) is 0 Å². The zero-order valence-corrected chi connectivity index (χ0v) is 5.82. The van der Waals surface area contributed by atoms with Gasteiger partial charge >= 0.3 is 0 Å². The number of sulfone groups is 1. The minimum Gasteiger partial charge on any atom is -0.327 e. The first-order valence-corrected chi connectivity index (χ1v) is 4.54. The molecule has 0 radical (unpaired) electrons. The second-order valence-electron chi connectivity index (χ2n) is 2.12. The van der Waals surface area contributed by atoms with Crippen molar-refractivity contribution in [3.8, 4) is 0 Å². The van der Waals surface area contributed by atoms with Gasteiger partial charge in [-0.2, -0.15) is 0 Å². The van der Waals surface area contributed by atoms with Crippen LogP contribution in [-0.4, -0.2) is 26.5 Å². The maximum Gasteiger partial charge on any atom is 0.157 e. The fraction of sp³-hybridized carbons (Fsp3) is 0.600. The average Bonchev–Trinajstić information content (AvgIpc) is 2.10. The van der Waals surface area contributed by atoms with Gasteiger partial charge in [0.25, 0.3) is 0 Å². The monoisotopic (exact) mass is 147 g/mol. The number of rotatable bonds is 1. The molecule has 0 saturated carbocycles. The van der Waals surface area contributed by atoms with Crippen molar-refractivity contribution in [3.05, 3.63) is 11.6 Å². The van der Waals surface area contributed by atoms with Crippen molar-refractivity contribution in [2.75, 3.05) is 18.1 Å². The molecule has 0 saturated heterocycles. The lowest BCUT2D eigenvalue weighted by Gasteiger charge is -1.91. The molecule has 9 heavy (non-hydrogen) atoms. The van der Waals surface area contributed by atoms with E-state index in [0.29, 0.717) is 6.54 Å². The van der Waals surface area contributed by atoms with E-state index in [1.54, 1.807) is 6.08 Å². The zero-order chi connectivity index (χ0) is 6.91. The van der Waals surface area contributed by atoms with Crippen LogP contribution in [0.5, 0.6) is 0 Å². The summed E-state index contributed by atoms with van der Waals surface area (Å²) in [5.74, 6) is 0.350. The molecule has 1 rings (SSSR count). The Bertz CT molecular complexity index is 227. The lowest BCUT2D eigenvalue weighted by molar-refractivity contribution is 0.603. The van der Waals surface area contributed by atoms with Crippen molar-refractivity contribution in [2.24, 2.45) is 5.73 Å². The van der Waals surface area contributed by atoms with Gasteiger partial charge in [0, 0.05) is 6.54 Å². The normalized spacial score (nSPS) is 23.9. The van der Waals surface area contributed by atoms with Crippen molar-refractivity contribution in [1.29, 1.82) is 0 Å². The van der Waals surface area contributed by atoms with Gasteiger partial charge in [-0.15, -0.1) is 0 Å². The van der Waals surface area contributed by atoms with Crippen LogP contribution in [0.1, 0.15) is 0 Å². The maximum absolute atomic E-state index is 10.7. The lowest BCUT2D eigenvalue weighted by atomic mass is 10.3. The van der Waals surface area contributed by atoms with Crippen molar-refractivity contribution in [1.82, 2.24) is 0 Å². The van der Waals surface area contributed by atoms with E-state index in [2.05, 4.69) is 0 Å². The summed E-state index contributed by atoms with van der Waals surface area (Å²) in [5.41, 5.74) is 6.06. The lowest BCUT2D eigenvalue weighted by Crippen LogP contribution is -2.08. The van der Waals surface area contributed by atoms with E-state index < -0.39 is 9.84 Å². The highest BCUT2D eigenvalue weighted by Crippen LogP contribution is 2.08. The summed E-state index contributed by atoms with van der Waals surface area (Å²) in [6.07, 6.45) is 1.69. The summed E-state index contributed by atoms with van der Waals surface area (Å²) >= 11 is 0. The Hall–Kier alpha value is -0.350. The van der Waals surface area contributed by atoms with Gasteiger partial charge in [0.2, 0.25) is 0 Å². The van der Waals surface area contributed by atoms with E-state index in [1.165, 1.54) is 0 Å². The topological polar surface area (TPSA) is 60.2 Å². The van der Waals surface area contributed by atoms with Gasteiger partial charge in [-0.1, -0.05) is 6.08 Å². The highest BCUT2D eigenvalue weighted by Gasteiger charge is 2.17. The third-order valence-corrected chi connectivity index (χ3v) is 2.78. The molecule has 0 spiro atoms. The van der Waals surface area contributed by atoms with Crippen LogP contribution in [-0.2, 0) is 9.84 Å². The molecular weight excluding hydrogens is 138 g/mol. The van der Waals surface area contributed by atoms with E-state index >= 15 is 0 Å². The van der Waals surface area contributed by atoms with Gasteiger partial charge in [-0.05, 0) is 5.57 Å². The average molecular weight is 147 g/mol. The first kappa shape index (κ1) is 6.77. The second-order valence-corrected chi connectivity index (χ2v) is 4.23. The molecule has 3 nitrogen and oxygen atoms in total. The third-order valence-electron chi connectivity index (χ3n) is 1.29. The van der Waals surface area contributed by atoms with E-state index in [0.717, 1.165) is 5.57 Å². The molecule has 0 aliphatic carbocycles. The van der Waals surface area contributed by atoms with Gasteiger partial charge < -0.3 is 5.73 Å². The van der Waals surface area contributed by atoms with Gasteiger partial charge in [0.05, 0.1) is 11.5 Å². The van der Waals surface area contributed by atoms with E-state index in [1.807, 2.05) is 0 Å². The molecule has 0 bridgehead atoms. The van der Waals surface area contributed by atoms with Gasteiger partial charge in [-0.25, -0.2) is 8.42 Å². The molecule has 1 heterocycles. The summed E-state index contributed by atoms with van der Waals surface area (Å²) in [7, 11) is -2.78. The largest absolute Gasteiger partial charge is 0.327 e. The molecule has 0 fully saturated rings. The smallest absolute Gasteiger partial charge is 0.157 e. The fourth-order valence-corrected chi connectivity index (χ4v) is 2.20. The third kappa shape index (κ3) is 1.53. The number of nitrogens with two attached hydrogens (primary N) is 1. The van der Waals surface area contributed by atoms with E-state index in [-0.39, 0.29) is 11.5 Å². The predicted octanol–water partition coefficient (Wildman–Crippen LogP) is -0.700. The van der Waals surface area contributed by atoms with Crippen LogP contribution in [0.4, 0.5) is 0 Å². The van der Waals surface area contributed by atoms with Crippen LogP contribution in [0, 0.1) is 0 Å². The molecule has 0 aromatic heterocycles. The quantitative estimate of drug-likeness (QED) is 0.499. The highest BCUT2D eigenvalue weighted by atomic mass is 32.2. The molecule has 0 aromatic rings. The predicted molar refractivity (Wildman–Crippen MR) is 35.8 cm³/mol. The van der Waals surface area contributed by atoms with Crippen molar-refractivity contribution >= 4 is 9.84 Å². The van der Waals surface area contributed by atoms with Crippen LogP contribution in [0.15, 0.2) is 11.6 Å². The Balaban J connectivity index is 2.71. The first-order valence-electron chi connectivity index (χ1n) is 2.72. The molecule has 0 unspecified atom stereocenters. The molecule has 2 N–H and O–H groups in total. The Morgan fingerprint density at radius 3 is 2.56 bits per heavy atom. The second kappa shape index (κ2) is 2.11. The Labute approximate surface area is 54.5 Å². The van der Waals surface area contributed by atoms with Crippen molar-refractivity contribution in [3.63, 3.8) is 0 Å². The summed E-state index contributed by atoms with van der Waals surface area (Å²) in [4.78, 5) is 0. The minimum atomic E-state index is -2.78. The Morgan fingerprint density at radius 2 is 2.33 bits per heavy atom. The molecule has 1 aliphatic heterocycles. The van der Waals surface area contributed by atoms with E-state index in [4.69, 9.17) is 5.73 Å². The van der Waals surface area contributed by atoms with Crippen LogP contribution in [0.3, 0.4) is 0 Å². The van der Waals surface area contributed by atoms with Gasteiger partial charge in [-0.3, -0.25) is 0 Å². The standard InChI is InChI=1S/C5H9NO2S/c6-3-5-1-2-9(7,8)4-5/h1H,2-4,6H2. The number of hydrogen-bond donors (Lipinski definition) is 1. The molecule has 0 aromatic carbocycles. The first-order chi connectivity index (χ1) is 4.14. The number of hydrogen-bond acceptors (Lipinski definition) is 3. The SMILES string of the molecule is NCC1=CCS(=O)(=O)C1. The molecule has 0 amide bonds. The molecule has 4 heteroatoms. The van der Waals surface area contributed by atoms with Crippen LogP contribution < -0.4 is 5.73 Å². The minimum absolute atomic E-state index is 0.170. The summed E-state index contributed by atoms with van der Waals surface area (Å²) in [5, 5.41) is 0. The Kier molecular flexibility index (Phi) is 1.59. The van der Waals surface area contributed by atoms with Crippen LogP contribution >= 0.6 is 0 Å². The molecular formula is C5H9NO2S. The Morgan fingerprint density at radius 1 is 1.67 bits per heavy atom. The highest BCUT2D eigenvalue weighted by molar-refractivity contribution is 7.92. The van der Waals surface area contributed by atoms with Gasteiger partial charge in [0.1, 0.15) is 0 Å². The molecule has 52 valence electrons. The summed E-state index contributed by atoms with van der Waals surface area (Å²) in [6.45, 7) is 0.374. The fourth-order valence-electron chi connectivity index (χ4n) is 0.787.